The maximum atomic E-state index is 11.8. The molecule has 2 aromatic carbocycles. The van der Waals surface area contributed by atoms with Crippen molar-refractivity contribution in [3.05, 3.63) is 59.1 Å². The predicted molar refractivity (Wildman–Crippen MR) is 117 cm³/mol. The number of nitrogens with zero attached hydrogens (tertiary/aromatic N) is 1. The highest BCUT2D eigenvalue weighted by molar-refractivity contribution is 6.30. The third-order valence-electron chi connectivity index (χ3n) is 4.39. The molecule has 0 bridgehead atoms. The van der Waals surface area contributed by atoms with Gasteiger partial charge in [-0.3, -0.25) is 9.59 Å². The molecule has 0 aliphatic carbocycles. The van der Waals surface area contributed by atoms with Crippen molar-refractivity contribution in [1.82, 2.24) is 10.7 Å². The summed E-state index contributed by atoms with van der Waals surface area (Å²) in [5.74, 6) is 0.523. The number of hydrazone groups is 1. The van der Waals surface area contributed by atoms with Crippen molar-refractivity contribution in [1.29, 1.82) is 0 Å². The van der Waals surface area contributed by atoms with Gasteiger partial charge in [-0.15, -0.1) is 0 Å². The Morgan fingerprint density at radius 1 is 1.03 bits per heavy atom. The zero-order valence-electron chi connectivity index (χ0n) is 16.9. The summed E-state index contributed by atoms with van der Waals surface area (Å²) < 4.78 is 16.3. The van der Waals surface area contributed by atoms with Crippen LogP contribution < -0.4 is 20.2 Å². The molecule has 1 fully saturated rings. The van der Waals surface area contributed by atoms with Gasteiger partial charge in [-0.05, 0) is 66.9 Å². The molecule has 2 amide bonds. The Morgan fingerprint density at radius 2 is 1.68 bits per heavy atom. The molecule has 3 rings (SSSR count). The van der Waals surface area contributed by atoms with E-state index < -0.39 is 0 Å². The molecule has 0 unspecified atom stereocenters. The molecule has 1 saturated heterocycles. The van der Waals surface area contributed by atoms with Crippen molar-refractivity contribution in [2.45, 2.75) is 18.9 Å². The summed E-state index contributed by atoms with van der Waals surface area (Å²) in [6.07, 6.45) is 3.61. The van der Waals surface area contributed by atoms with Crippen LogP contribution >= 0.6 is 11.6 Å². The normalized spacial score (nSPS) is 15.6. The minimum atomic E-state index is -0.389. The molecule has 31 heavy (non-hydrogen) atoms. The summed E-state index contributed by atoms with van der Waals surface area (Å²) in [7, 11) is 0. The number of halogens is 1. The van der Waals surface area contributed by atoms with Crippen molar-refractivity contribution in [3.63, 3.8) is 0 Å². The number of rotatable bonds is 10. The second-order valence-corrected chi connectivity index (χ2v) is 7.27. The Labute approximate surface area is 185 Å². The molecular formula is C22H24ClN3O5. The number of hydrogen-bond donors (Lipinski definition) is 2. The van der Waals surface area contributed by atoms with E-state index in [0.29, 0.717) is 23.1 Å². The maximum absolute atomic E-state index is 11.8. The van der Waals surface area contributed by atoms with Crippen molar-refractivity contribution >= 4 is 29.6 Å². The van der Waals surface area contributed by atoms with Gasteiger partial charge in [-0.25, -0.2) is 5.43 Å². The first-order valence-electron chi connectivity index (χ1n) is 9.90. The molecule has 0 aromatic heterocycles. The quantitative estimate of drug-likeness (QED) is 0.432. The Hall–Kier alpha value is -3.10. The zero-order valence-corrected chi connectivity index (χ0v) is 17.6. The standard InChI is InChI=1S/C22H24ClN3O5/c23-17-5-9-19(10-6-17)31-15-22(28)26-25-12-16-3-7-18(8-4-16)30-14-21(27)24-13-20-2-1-11-29-20/h3-10,12,20H,1-2,11,13-15H2,(H,24,27)(H,26,28)/b25-12-/t20-/m0/s1. The van der Waals surface area contributed by atoms with Gasteiger partial charge in [0.15, 0.2) is 13.2 Å². The van der Waals surface area contributed by atoms with Gasteiger partial charge in [0.05, 0.1) is 12.3 Å². The van der Waals surface area contributed by atoms with Gasteiger partial charge in [-0.2, -0.15) is 5.10 Å². The van der Waals surface area contributed by atoms with Gasteiger partial charge in [0, 0.05) is 18.2 Å². The summed E-state index contributed by atoms with van der Waals surface area (Å²) in [4.78, 5) is 23.6. The smallest absolute Gasteiger partial charge is 0.277 e. The third kappa shape index (κ3) is 8.27. The maximum Gasteiger partial charge on any atom is 0.277 e. The third-order valence-corrected chi connectivity index (χ3v) is 4.64. The van der Waals surface area contributed by atoms with Crippen LogP contribution in [-0.4, -0.2) is 50.5 Å². The first-order chi connectivity index (χ1) is 15.1. The summed E-state index contributed by atoms with van der Waals surface area (Å²) in [6, 6.07) is 13.7. The van der Waals surface area contributed by atoms with Crippen molar-refractivity contribution in [3.8, 4) is 11.5 Å². The number of amides is 2. The Morgan fingerprint density at radius 3 is 2.32 bits per heavy atom. The predicted octanol–water partition coefficient (Wildman–Crippen LogP) is 2.54. The highest BCUT2D eigenvalue weighted by atomic mass is 35.5. The lowest BCUT2D eigenvalue weighted by atomic mass is 10.2. The van der Waals surface area contributed by atoms with Gasteiger partial charge < -0.3 is 19.5 Å². The van der Waals surface area contributed by atoms with Gasteiger partial charge in [-0.1, -0.05) is 11.6 Å². The van der Waals surface area contributed by atoms with Crippen LogP contribution in [0.4, 0.5) is 0 Å². The molecule has 164 valence electrons. The molecule has 0 spiro atoms. The highest BCUT2D eigenvalue weighted by Gasteiger charge is 2.16. The second kappa shape index (κ2) is 11.9. The molecule has 1 aliphatic rings. The lowest BCUT2D eigenvalue weighted by Crippen LogP contribution is -2.35. The van der Waals surface area contributed by atoms with E-state index in [4.69, 9.17) is 25.8 Å². The number of carbonyl (C=O) groups excluding carboxylic acids is 2. The van der Waals surface area contributed by atoms with Crippen LogP contribution in [0.5, 0.6) is 11.5 Å². The lowest BCUT2D eigenvalue weighted by molar-refractivity contribution is -0.124. The first-order valence-corrected chi connectivity index (χ1v) is 10.3. The monoisotopic (exact) mass is 445 g/mol. The van der Waals surface area contributed by atoms with Crippen molar-refractivity contribution in [2.75, 3.05) is 26.4 Å². The Balaban J connectivity index is 1.33. The molecule has 1 heterocycles. The number of nitrogens with one attached hydrogen (secondary N) is 2. The van der Waals surface area contributed by atoms with E-state index in [2.05, 4.69) is 15.8 Å². The van der Waals surface area contributed by atoms with E-state index in [-0.39, 0.29) is 31.1 Å². The largest absolute Gasteiger partial charge is 0.484 e. The van der Waals surface area contributed by atoms with Crippen LogP contribution in [0.25, 0.3) is 0 Å². The van der Waals surface area contributed by atoms with Crippen LogP contribution in [0.1, 0.15) is 18.4 Å². The topological polar surface area (TPSA) is 98.2 Å². The highest BCUT2D eigenvalue weighted by Crippen LogP contribution is 2.15. The molecule has 1 atom stereocenters. The molecule has 1 aliphatic heterocycles. The number of benzene rings is 2. The molecule has 0 radical (unpaired) electrons. The van der Waals surface area contributed by atoms with Crippen molar-refractivity contribution in [2.24, 2.45) is 5.10 Å². The van der Waals surface area contributed by atoms with E-state index in [9.17, 15) is 9.59 Å². The van der Waals surface area contributed by atoms with Crippen molar-refractivity contribution < 1.29 is 23.8 Å². The van der Waals surface area contributed by atoms with Crippen LogP contribution in [0, 0.1) is 0 Å². The van der Waals surface area contributed by atoms with Gasteiger partial charge >= 0.3 is 0 Å². The van der Waals surface area contributed by atoms with E-state index in [1.807, 2.05) is 0 Å². The van der Waals surface area contributed by atoms with Gasteiger partial charge in [0.1, 0.15) is 11.5 Å². The molecule has 2 N–H and O–H groups in total. The Bertz CT molecular complexity index is 881. The lowest BCUT2D eigenvalue weighted by Gasteiger charge is -2.11. The summed E-state index contributed by atoms with van der Waals surface area (Å²) in [5.41, 5.74) is 3.15. The van der Waals surface area contributed by atoms with Crippen LogP contribution in [0.3, 0.4) is 0 Å². The van der Waals surface area contributed by atoms with Gasteiger partial charge in [0.25, 0.3) is 11.8 Å². The zero-order chi connectivity index (χ0) is 21.9. The average Bonchev–Trinajstić information content (AvgIpc) is 3.30. The molecule has 0 saturated carbocycles. The first kappa shape index (κ1) is 22.6. The summed E-state index contributed by atoms with van der Waals surface area (Å²) in [5, 5.41) is 7.29. The second-order valence-electron chi connectivity index (χ2n) is 6.83. The van der Waals surface area contributed by atoms with E-state index in [1.165, 1.54) is 6.21 Å². The minimum Gasteiger partial charge on any atom is -0.484 e. The molecule has 2 aromatic rings. The number of ether oxygens (including phenoxy) is 3. The number of carbonyl (C=O) groups is 2. The fourth-order valence-electron chi connectivity index (χ4n) is 2.77. The molecular weight excluding hydrogens is 422 g/mol. The van der Waals surface area contributed by atoms with E-state index in [1.54, 1.807) is 48.5 Å². The van der Waals surface area contributed by atoms with Gasteiger partial charge in [0.2, 0.25) is 0 Å². The van der Waals surface area contributed by atoms with Crippen LogP contribution in [0.2, 0.25) is 5.02 Å². The fraction of sp³-hybridized carbons (Fsp3) is 0.318. The summed E-state index contributed by atoms with van der Waals surface area (Å²) >= 11 is 5.79. The average molecular weight is 446 g/mol. The fourth-order valence-corrected chi connectivity index (χ4v) is 2.90. The van der Waals surface area contributed by atoms with Crippen LogP contribution in [0.15, 0.2) is 53.6 Å². The summed E-state index contributed by atoms with van der Waals surface area (Å²) in [6.45, 7) is 1.03. The molecule has 9 heteroatoms. The van der Waals surface area contributed by atoms with Crippen LogP contribution in [-0.2, 0) is 14.3 Å². The minimum absolute atomic E-state index is 0.0656. The Kier molecular flexibility index (Phi) is 8.69. The van der Waals surface area contributed by atoms with E-state index in [0.717, 1.165) is 25.0 Å². The van der Waals surface area contributed by atoms with E-state index >= 15 is 0 Å². The molecule has 8 nitrogen and oxygen atoms in total. The number of hydrogen-bond acceptors (Lipinski definition) is 6. The SMILES string of the molecule is O=C(COc1ccc(/C=N\NC(=O)COc2ccc(Cl)cc2)cc1)NC[C@@H]1CCCO1.